The molecule has 0 aliphatic rings. The first-order chi connectivity index (χ1) is 29.8. The minimum atomic E-state index is -0.593. The molecular formula is C53H109N3O6+2. The van der Waals surface area contributed by atoms with Gasteiger partial charge in [-0.05, 0) is 71.3 Å². The number of unbranched alkanes of at least 4 members (excludes halogenated alkanes) is 24. The molecule has 62 heavy (non-hydrogen) atoms. The lowest BCUT2D eigenvalue weighted by molar-refractivity contribution is -0.896. The van der Waals surface area contributed by atoms with Crippen LogP contribution in [0.15, 0.2) is 24.3 Å². The molecule has 0 aromatic rings. The Labute approximate surface area is 385 Å². The second-order valence-corrected chi connectivity index (χ2v) is 20.5. The molecule has 0 amide bonds. The molecule has 0 aromatic heterocycles. The molecule has 0 aromatic carbocycles. The lowest BCUT2D eigenvalue weighted by Gasteiger charge is -2.36. The van der Waals surface area contributed by atoms with Crippen LogP contribution in [-0.2, 0) is 9.47 Å². The molecule has 4 N–H and O–H groups in total. The lowest BCUT2D eigenvalue weighted by atomic mass is 10.1. The molecule has 0 radical (unpaired) electrons. The summed E-state index contributed by atoms with van der Waals surface area (Å²) in [4.78, 5) is 1.97. The minimum absolute atomic E-state index is 0.321. The molecule has 0 aliphatic heterocycles. The molecule has 0 saturated carbocycles. The number of nitrogens with zero attached hydrogens (tertiary/aromatic N) is 3. The Bertz CT molecular complexity index is 918. The zero-order valence-electron chi connectivity index (χ0n) is 42.4. The smallest absolute Gasteiger partial charge is 0.126 e. The van der Waals surface area contributed by atoms with Crippen molar-refractivity contribution in [1.29, 1.82) is 0 Å². The van der Waals surface area contributed by atoms with E-state index in [0.29, 0.717) is 74.7 Å². The lowest BCUT2D eigenvalue weighted by Crippen LogP contribution is -2.54. The van der Waals surface area contributed by atoms with Crippen LogP contribution in [0.3, 0.4) is 0 Å². The number of aliphatic hydroxyl groups excluding tert-OH is 4. The number of ether oxygens (including phenoxy) is 2. The van der Waals surface area contributed by atoms with E-state index >= 15 is 0 Å². The zero-order valence-corrected chi connectivity index (χ0v) is 42.4. The van der Waals surface area contributed by atoms with Crippen molar-refractivity contribution >= 4 is 0 Å². The average molecular weight is 884 g/mol. The third kappa shape index (κ3) is 44.3. The Morgan fingerprint density at radius 3 is 0.952 bits per heavy atom. The number of likely N-dealkylation sites (N-methyl/N-ethyl adjacent to an activating group) is 3. The maximum absolute atomic E-state index is 10.9. The normalized spacial score (nSPS) is 14.8. The molecule has 4 atom stereocenters. The summed E-state index contributed by atoms with van der Waals surface area (Å²) in [5, 5.41) is 43.2. The molecule has 0 heterocycles. The van der Waals surface area contributed by atoms with Crippen LogP contribution in [0.4, 0.5) is 0 Å². The highest BCUT2D eigenvalue weighted by molar-refractivity contribution is 4.82. The molecule has 0 fully saturated rings. The summed E-state index contributed by atoms with van der Waals surface area (Å²) in [6.45, 7) is 9.42. The molecule has 4 unspecified atom stereocenters. The molecule has 9 heteroatoms. The van der Waals surface area contributed by atoms with Gasteiger partial charge in [0.05, 0.1) is 41.4 Å². The highest BCUT2D eigenvalue weighted by atomic mass is 16.5. The van der Waals surface area contributed by atoms with E-state index in [1.54, 1.807) is 0 Å². The van der Waals surface area contributed by atoms with Gasteiger partial charge < -0.3 is 43.8 Å². The summed E-state index contributed by atoms with van der Waals surface area (Å²) in [6, 6.07) is 0. The summed E-state index contributed by atoms with van der Waals surface area (Å²) < 4.78 is 12.6. The van der Waals surface area contributed by atoms with Gasteiger partial charge in [0, 0.05) is 26.3 Å². The summed E-state index contributed by atoms with van der Waals surface area (Å²) in [5.41, 5.74) is 0. The van der Waals surface area contributed by atoms with Crippen molar-refractivity contribution in [3.05, 3.63) is 24.3 Å². The molecular weight excluding hydrogens is 775 g/mol. The monoisotopic (exact) mass is 884 g/mol. The maximum Gasteiger partial charge on any atom is 0.126 e. The summed E-state index contributed by atoms with van der Waals surface area (Å²) >= 11 is 0. The van der Waals surface area contributed by atoms with Gasteiger partial charge in [0.1, 0.15) is 50.6 Å². The Morgan fingerprint density at radius 1 is 0.387 bits per heavy atom. The molecule has 0 saturated heterocycles. The van der Waals surface area contributed by atoms with Gasteiger partial charge in [-0.1, -0.05) is 154 Å². The van der Waals surface area contributed by atoms with Crippen molar-refractivity contribution < 1.29 is 38.9 Å². The SMILES string of the molecule is CCCCCCCC/C=C/CCCCCCCCOCC(O)C[N+](C)(C)CC(O)CN(C)CC(O)C[N+](C)(C)CC(O)COCCCCCCCC/C=C/CCCCCCCC. The van der Waals surface area contributed by atoms with Gasteiger partial charge in [-0.2, -0.15) is 0 Å². The van der Waals surface area contributed by atoms with Crippen LogP contribution < -0.4 is 0 Å². The maximum atomic E-state index is 10.9. The number of hydrogen-bond acceptors (Lipinski definition) is 7. The van der Waals surface area contributed by atoms with Crippen LogP contribution in [-0.4, -0.2) is 160 Å². The van der Waals surface area contributed by atoms with E-state index in [9.17, 15) is 20.4 Å². The van der Waals surface area contributed by atoms with E-state index in [4.69, 9.17) is 9.47 Å². The summed E-state index contributed by atoms with van der Waals surface area (Å²) in [7, 11) is 10.0. The fraction of sp³-hybridized carbons (Fsp3) is 0.925. The van der Waals surface area contributed by atoms with Crippen LogP contribution in [0.25, 0.3) is 0 Å². The van der Waals surface area contributed by atoms with Crippen LogP contribution in [0.5, 0.6) is 0 Å². The van der Waals surface area contributed by atoms with Gasteiger partial charge >= 0.3 is 0 Å². The fourth-order valence-corrected chi connectivity index (χ4v) is 8.79. The average Bonchev–Trinajstić information content (AvgIpc) is 3.18. The van der Waals surface area contributed by atoms with Gasteiger partial charge in [0.25, 0.3) is 0 Å². The van der Waals surface area contributed by atoms with Gasteiger partial charge in [0.15, 0.2) is 0 Å². The molecule has 0 spiro atoms. The van der Waals surface area contributed by atoms with Crippen LogP contribution in [0, 0.1) is 0 Å². The topological polar surface area (TPSA) is 103 Å². The quantitative estimate of drug-likeness (QED) is 0.0274. The van der Waals surface area contributed by atoms with Crippen molar-refractivity contribution in [2.45, 2.75) is 218 Å². The standard InChI is InChI=1S/C53H109N3O6/c1-8-10-12-14-16-18-20-22-24-26-28-30-32-34-36-38-40-61-48-52(59)46-55(4,5)44-50(57)42-54(3)43-51(58)45-56(6,7)47-53(60)49-62-41-39-37-35-33-31-29-27-25-23-21-19-17-15-13-11-9-2/h22-25,50-53,57-60H,8-21,26-49H2,1-7H3/q+2/b24-22+,25-23+. The Kier molecular flexibility index (Phi) is 42.1. The van der Waals surface area contributed by atoms with Crippen molar-refractivity contribution in [1.82, 2.24) is 4.90 Å². The first-order valence-electron chi connectivity index (χ1n) is 26.3. The van der Waals surface area contributed by atoms with Gasteiger partial charge in [-0.15, -0.1) is 0 Å². The Balaban J connectivity index is 3.93. The van der Waals surface area contributed by atoms with E-state index in [-0.39, 0.29) is 0 Å². The van der Waals surface area contributed by atoms with Gasteiger partial charge in [0.2, 0.25) is 0 Å². The second kappa shape index (κ2) is 42.7. The number of allylic oxidation sites excluding steroid dienone is 4. The van der Waals surface area contributed by atoms with Crippen LogP contribution in [0.2, 0.25) is 0 Å². The predicted octanol–water partition coefficient (Wildman–Crippen LogP) is 10.6. The van der Waals surface area contributed by atoms with Crippen LogP contribution >= 0.6 is 0 Å². The predicted molar refractivity (Wildman–Crippen MR) is 266 cm³/mol. The second-order valence-electron chi connectivity index (χ2n) is 20.5. The van der Waals surface area contributed by atoms with Crippen molar-refractivity contribution in [2.75, 3.05) is 101 Å². The van der Waals surface area contributed by atoms with E-state index in [1.807, 2.05) is 40.1 Å². The van der Waals surface area contributed by atoms with Crippen molar-refractivity contribution in [3.63, 3.8) is 0 Å². The summed E-state index contributed by atoms with van der Waals surface area (Å²) in [6.07, 6.45) is 43.2. The highest BCUT2D eigenvalue weighted by Crippen LogP contribution is 2.13. The first kappa shape index (κ1) is 61.1. The third-order valence-corrected chi connectivity index (χ3v) is 12.1. The fourth-order valence-electron chi connectivity index (χ4n) is 8.79. The van der Waals surface area contributed by atoms with E-state index in [0.717, 1.165) is 12.8 Å². The van der Waals surface area contributed by atoms with Crippen LogP contribution in [0.1, 0.15) is 194 Å². The highest BCUT2D eigenvalue weighted by Gasteiger charge is 2.28. The largest absolute Gasteiger partial charge is 0.386 e. The minimum Gasteiger partial charge on any atom is -0.386 e. The van der Waals surface area contributed by atoms with Crippen molar-refractivity contribution in [3.8, 4) is 0 Å². The first-order valence-corrected chi connectivity index (χ1v) is 26.3. The number of hydrogen-bond donors (Lipinski definition) is 4. The Morgan fingerprint density at radius 2 is 0.645 bits per heavy atom. The van der Waals surface area contributed by atoms with Gasteiger partial charge in [-0.25, -0.2) is 0 Å². The van der Waals surface area contributed by atoms with Gasteiger partial charge in [-0.3, -0.25) is 0 Å². The molecule has 370 valence electrons. The van der Waals surface area contributed by atoms with E-state index < -0.39 is 24.4 Å². The molecule has 0 bridgehead atoms. The summed E-state index contributed by atoms with van der Waals surface area (Å²) in [5.74, 6) is 0. The van der Waals surface area contributed by atoms with E-state index in [2.05, 4.69) is 38.2 Å². The van der Waals surface area contributed by atoms with E-state index in [1.165, 1.54) is 167 Å². The number of quaternary nitrogens is 2. The number of aliphatic hydroxyl groups is 4. The molecule has 0 aliphatic carbocycles. The van der Waals surface area contributed by atoms with Crippen molar-refractivity contribution in [2.24, 2.45) is 0 Å². The molecule has 9 nitrogen and oxygen atoms in total. The third-order valence-electron chi connectivity index (χ3n) is 12.1. The zero-order chi connectivity index (χ0) is 46.0. The molecule has 0 rings (SSSR count). The number of rotatable bonds is 48. The Hall–Kier alpha value is -0.880.